The van der Waals surface area contributed by atoms with Crippen molar-refractivity contribution in [3.8, 4) is 0 Å². The summed E-state index contributed by atoms with van der Waals surface area (Å²) >= 11 is 0. The van der Waals surface area contributed by atoms with Crippen molar-refractivity contribution in [3.05, 3.63) is 0 Å². The minimum absolute atomic E-state index is 0.513. The Morgan fingerprint density at radius 2 is 0.872 bits per heavy atom. The van der Waals surface area contributed by atoms with E-state index in [1.165, 1.54) is 0 Å². The molecular weight excluding hydrogens is 638 g/mol. The molecule has 0 radical (unpaired) electrons. The smallest absolute Gasteiger partial charge is 0.305 e. The van der Waals surface area contributed by atoms with Crippen LogP contribution in [0.3, 0.4) is 0 Å². The number of hydrogen-bond acceptors (Lipinski definition) is 18. The Balaban J connectivity index is 2.56. The van der Waals surface area contributed by atoms with Gasteiger partial charge in [-0.1, -0.05) is 0 Å². The Bertz CT molecular complexity index is 1200. The molecule has 264 valence electrons. The fourth-order valence-corrected chi connectivity index (χ4v) is 4.87. The second-order valence-electron chi connectivity index (χ2n) is 10.4. The molecule has 2 aliphatic heterocycles. The van der Waals surface area contributed by atoms with E-state index in [1.54, 1.807) is 0 Å². The molecular formula is C28H39NO18. The van der Waals surface area contributed by atoms with Crippen LogP contribution in [0.5, 0.6) is 0 Å². The summed E-state index contributed by atoms with van der Waals surface area (Å²) in [5.74, 6) is -6.56. The van der Waals surface area contributed by atoms with E-state index >= 15 is 0 Å². The molecule has 47 heavy (non-hydrogen) atoms. The molecule has 1 amide bonds. The van der Waals surface area contributed by atoms with Crippen LogP contribution in [0.1, 0.15) is 55.4 Å². The summed E-state index contributed by atoms with van der Waals surface area (Å²) in [5.41, 5.74) is 0. The Labute approximate surface area is 269 Å². The lowest BCUT2D eigenvalue weighted by molar-refractivity contribution is -0.318. The maximum atomic E-state index is 12.2. The molecule has 19 heteroatoms. The molecule has 2 heterocycles. The van der Waals surface area contributed by atoms with Crippen LogP contribution in [0, 0.1) is 0 Å². The quantitative estimate of drug-likeness (QED) is 0.187. The summed E-state index contributed by atoms with van der Waals surface area (Å²) in [7, 11) is 0. The van der Waals surface area contributed by atoms with Crippen molar-refractivity contribution in [2.75, 3.05) is 13.2 Å². The van der Waals surface area contributed by atoms with Crippen LogP contribution in [0.15, 0.2) is 0 Å². The lowest BCUT2D eigenvalue weighted by Crippen LogP contribution is -2.67. The number of amides is 1. The van der Waals surface area contributed by atoms with E-state index in [2.05, 4.69) is 5.32 Å². The molecule has 2 saturated heterocycles. The second kappa shape index (κ2) is 17.5. The molecule has 2 rings (SSSR count). The van der Waals surface area contributed by atoms with Crippen molar-refractivity contribution < 1.29 is 85.7 Å². The summed E-state index contributed by atoms with van der Waals surface area (Å²) < 4.78 is 54.7. The molecule has 0 aromatic heterocycles. The first-order valence-corrected chi connectivity index (χ1v) is 14.3. The zero-order valence-electron chi connectivity index (χ0n) is 27.0. The standard InChI is InChI=1S/C28H39NO18/c1-11(30)29-21-24(42-15(5)34)22(40-13(3)32)19(9-38-12(2)31)46-27(21)39-10-20-23(41-14(4)33)25(43-16(6)35)26(44-17(7)36)28(47-20)45-18(8)37/h19-28H,9-10H2,1-8H3,(H,29,30)/t19-,20+,21+,22+,23+,24-,25-,26-,27-,28+/m0/s1. The van der Waals surface area contributed by atoms with Gasteiger partial charge in [0.15, 0.2) is 30.7 Å². The number of ether oxygens (including phenoxy) is 10. The lowest BCUT2D eigenvalue weighted by atomic mass is 9.95. The number of nitrogens with one attached hydrogen (secondary N) is 1. The monoisotopic (exact) mass is 677 g/mol. The first-order valence-electron chi connectivity index (χ1n) is 14.3. The number of rotatable bonds is 12. The van der Waals surface area contributed by atoms with Gasteiger partial charge in [-0.2, -0.15) is 0 Å². The molecule has 2 fully saturated rings. The molecule has 2 aliphatic rings. The van der Waals surface area contributed by atoms with Gasteiger partial charge in [-0.05, 0) is 0 Å². The maximum Gasteiger partial charge on any atom is 0.305 e. The van der Waals surface area contributed by atoms with Crippen molar-refractivity contribution in [1.82, 2.24) is 5.32 Å². The van der Waals surface area contributed by atoms with Gasteiger partial charge in [0.05, 0.1) is 6.61 Å². The highest BCUT2D eigenvalue weighted by atomic mass is 16.8. The predicted octanol–water partition coefficient (Wildman–Crippen LogP) is -1.26. The van der Waals surface area contributed by atoms with Crippen LogP contribution < -0.4 is 5.32 Å². The van der Waals surface area contributed by atoms with Crippen molar-refractivity contribution in [2.24, 2.45) is 0 Å². The van der Waals surface area contributed by atoms with Crippen molar-refractivity contribution in [3.63, 3.8) is 0 Å². The van der Waals surface area contributed by atoms with E-state index < -0.39 is 122 Å². The molecule has 1 N–H and O–H groups in total. The predicted molar refractivity (Wildman–Crippen MR) is 147 cm³/mol. The van der Waals surface area contributed by atoms with Crippen LogP contribution in [0.25, 0.3) is 0 Å². The van der Waals surface area contributed by atoms with E-state index in [4.69, 9.17) is 47.4 Å². The molecule has 0 saturated carbocycles. The average molecular weight is 678 g/mol. The SMILES string of the molecule is CC(=O)N[C@H]1[C@@H](OC[C@H]2O[C@@H](OC(C)=O)[C@@H](OC(C)=O)[C@@H](OC(C)=O)[C@@H]2OC(C)=O)O[C@@H](COC(C)=O)[C@@H](OC(C)=O)[C@H]1OC(C)=O. The Morgan fingerprint density at radius 1 is 0.468 bits per heavy atom. The van der Waals surface area contributed by atoms with Crippen molar-refractivity contribution in [2.45, 2.75) is 117 Å². The van der Waals surface area contributed by atoms with Gasteiger partial charge in [-0.15, -0.1) is 0 Å². The van der Waals surface area contributed by atoms with Gasteiger partial charge in [-0.25, -0.2) is 0 Å². The maximum absolute atomic E-state index is 12.2. The van der Waals surface area contributed by atoms with E-state index in [-0.39, 0.29) is 0 Å². The van der Waals surface area contributed by atoms with Crippen LogP contribution in [-0.4, -0.2) is 122 Å². The first kappa shape index (κ1) is 38.8. The number of hydrogen-bond donors (Lipinski definition) is 1. The largest absolute Gasteiger partial charge is 0.463 e. The van der Waals surface area contributed by atoms with Gasteiger partial charge >= 0.3 is 41.8 Å². The fourth-order valence-electron chi connectivity index (χ4n) is 4.87. The highest BCUT2D eigenvalue weighted by Crippen LogP contribution is 2.32. The van der Waals surface area contributed by atoms with Crippen LogP contribution in [0.2, 0.25) is 0 Å². The normalized spacial score (nSPS) is 30.0. The summed E-state index contributed by atoms with van der Waals surface area (Å²) in [6, 6.07) is -1.37. The highest BCUT2D eigenvalue weighted by Gasteiger charge is 2.55. The van der Waals surface area contributed by atoms with Gasteiger partial charge in [0.1, 0.15) is 24.9 Å². The van der Waals surface area contributed by atoms with Gasteiger partial charge in [0, 0.05) is 55.4 Å². The summed E-state index contributed by atoms with van der Waals surface area (Å²) in [6.07, 6.45) is -13.6. The zero-order valence-corrected chi connectivity index (χ0v) is 27.0. The lowest BCUT2D eigenvalue weighted by Gasteiger charge is -2.46. The third-order valence-electron chi connectivity index (χ3n) is 6.28. The molecule has 19 nitrogen and oxygen atoms in total. The molecule has 10 atom stereocenters. The van der Waals surface area contributed by atoms with Gasteiger partial charge in [0.25, 0.3) is 0 Å². The van der Waals surface area contributed by atoms with E-state index in [1.807, 2.05) is 0 Å². The zero-order chi connectivity index (χ0) is 35.6. The topological polar surface area (TPSA) is 241 Å². The molecule has 0 spiro atoms. The van der Waals surface area contributed by atoms with Crippen LogP contribution in [-0.2, 0) is 85.7 Å². The fraction of sp³-hybridized carbons (Fsp3) is 0.714. The third kappa shape index (κ3) is 12.1. The van der Waals surface area contributed by atoms with Gasteiger partial charge in [0.2, 0.25) is 18.3 Å². The van der Waals surface area contributed by atoms with Crippen molar-refractivity contribution >= 4 is 47.7 Å². The Hall–Kier alpha value is -4.36. The van der Waals surface area contributed by atoms with E-state index in [0.717, 1.165) is 55.4 Å². The summed E-state index contributed by atoms with van der Waals surface area (Å²) in [5, 5.41) is 2.52. The highest BCUT2D eigenvalue weighted by molar-refractivity contribution is 5.74. The number of esters is 7. The van der Waals surface area contributed by atoms with Gasteiger partial charge in [-0.3, -0.25) is 38.4 Å². The third-order valence-corrected chi connectivity index (χ3v) is 6.28. The van der Waals surface area contributed by atoms with Crippen molar-refractivity contribution in [1.29, 1.82) is 0 Å². The average Bonchev–Trinajstić information content (AvgIpc) is 2.91. The van der Waals surface area contributed by atoms with Crippen LogP contribution >= 0.6 is 0 Å². The molecule has 0 unspecified atom stereocenters. The van der Waals surface area contributed by atoms with Crippen LogP contribution in [0.4, 0.5) is 0 Å². The Kier molecular flexibility index (Phi) is 14.5. The molecule has 0 bridgehead atoms. The molecule has 0 aliphatic carbocycles. The minimum atomic E-state index is -1.70. The summed E-state index contributed by atoms with van der Waals surface area (Å²) in [4.78, 5) is 96.1. The molecule has 0 aromatic carbocycles. The first-order chi connectivity index (χ1) is 21.9. The second-order valence-corrected chi connectivity index (χ2v) is 10.4. The number of carbonyl (C=O) groups excluding carboxylic acids is 8. The number of carbonyl (C=O) groups is 8. The Morgan fingerprint density at radius 3 is 1.34 bits per heavy atom. The minimum Gasteiger partial charge on any atom is -0.463 e. The summed E-state index contributed by atoms with van der Waals surface area (Å²) in [6.45, 7) is 7.37. The van der Waals surface area contributed by atoms with Gasteiger partial charge < -0.3 is 52.7 Å². The van der Waals surface area contributed by atoms with E-state index in [0.29, 0.717) is 0 Å². The molecule has 0 aromatic rings. The van der Waals surface area contributed by atoms with E-state index in [9.17, 15) is 38.4 Å².